The van der Waals surface area contributed by atoms with Gasteiger partial charge in [0.2, 0.25) is 0 Å². The summed E-state index contributed by atoms with van der Waals surface area (Å²) in [5.41, 5.74) is 0.688. The van der Waals surface area contributed by atoms with Gasteiger partial charge in [0.05, 0.1) is 9.92 Å². The van der Waals surface area contributed by atoms with E-state index in [0.29, 0.717) is 0 Å². The molecule has 2 rings (SSSR count). The molecule has 2 aromatic carbocycles. The topological polar surface area (TPSA) is 46.2 Å². The van der Waals surface area contributed by atoms with Gasteiger partial charge in [0.15, 0.2) is 0 Å². The van der Waals surface area contributed by atoms with Crippen molar-refractivity contribution in [2.75, 3.05) is 4.72 Å². The van der Waals surface area contributed by atoms with Crippen LogP contribution in [0.15, 0.2) is 47.4 Å². The third-order valence-corrected chi connectivity index (χ3v) is 4.21. The summed E-state index contributed by atoms with van der Waals surface area (Å²) < 4.78 is 39.9. The Morgan fingerprint density at radius 2 is 1.74 bits per heavy atom. The first-order valence-electron chi connectivity index (χ1n) is 5.43. The van der Waals surface area contributed by atoms with E-state index in [2.05, 4.69) is 4.72 Å². The second-order valence-corrected chi connectivity index (χ2v) is 6.10. The summed E-state index contributed by atoms with van der Waals surface area (Å²) in [6.07, 6.45) is 0. The molecule has 0 saturated carbocycles. The molecule has 0 aliphatic rings. The Kier molecular flexibility index (Phi) is 3.78. The van der Waals surface area contributed by atoms with Crippen LogP contribution in [0.2, 0.25) is 5.02 Å². The summed E-state index contributed by atoms with van der Waals surface area (Å²) in [6.45, 7) is 1.84. The van der Waals surface area contributed by atoms with Gasteiger partial charge >= 0.3 is 0 Å². The van der Waals surface area contributed by atoms with Crippen LogP contribution in [0, 0.1) is 12.7 Å². The van der Waals surface area contributed by atoms with Crippen molar-refractivity contribution in [2.24, 2.45) is 0 Å². The number of benzene rings is 2. The number of halogens is 2. The standard InChI is InChI=1S/C13H11ClFNO2S/c1-9-5-7-10(8-6-9)19(17,18)16-13-11(14)3-2-4-12(13)15/h2-8,16H,1H3. The number of sulfonamides is 1. The van der Waals surface area contributed by atoms with E-state index in [1.165, 1.54) is 24.3 Å². The molecule has 0 spiro atoms. The number of para-hydroxylation sites is 1. The lowest BCUT2D eigenvalue weighted by molar-refractivity contribution is 0.598. The first-order valence-corrected chi connectivity index (χ1v) is 7.30. The minimum absolute atomic E-state index is 0.00990. The second kappa shape index (κ2) is 5.19. The van der Waals surface area contributed by atoms with Gasteiger partial charge in [-0.2, -0.15) is 0 Å². The van der Waals surface area contributed by atoms with Gasteiger partial charge in [-0.25, -0.2) is 12.8 Å². The molecule has 0 aliphatic carbocycles. The maximum Gasteiger partial charge on any atom is 0.262 e. The van der Waals surface area contributed by atoms with Crippen LogP contribution in [-0.4, -0.2) is 8.42 Å². The average Bonchev–Trinajstić information content (AvgIpc) is 2.35. The third-order valence-electron chi connectivity index (χ3n) is 2.53. The fourth-order valence-corrected chi connectivity index (χ4v) is 2.86. The lowest BCUT2D eigenvalue weighted by Crippen LogP contribution is -2.14. The highest BCUT2D eigenvalue weighted by atomic mass is 35.5. The summed E-state index contributed by atoms with van der Waals surface area (Å²) in [5.74, 6) is -0.719. The normalized spacial score (nSPS) is 11.3. The molecule has 0 heterocycles. The van der Waals surface area contributed by atoms with Crippen LogP contribution in [0.5, 0.6) is 0 Å². The van der Waals surface area contributed by atoms with Crippen molar-refractivity contribution in [1.29, 1.82) is 0 Å². The maximum absolute atomic E-state index is 13.5. The maximum atomic E-state index is 13.5. The number of hydrogen-bond acceptors (Lipinski definition) is 2. The Bertz CT molecular complexity index is 679. The summed E-state index contributed by atoms with van der Waals surface area (Å²) in [5, 5.41) is 0.00990. The van der Waals surface area contributed by atoms with Crippen molar-refractivity contribution in [1.82, 2.24) is 0 Å². The minimum atomic E-state index is -3.85. The highest BCUT2D eigenvalue weighted by Crippen LogP contribution is 2.27. The van der Waals surface area contributed by atoms with E-state index in [4.69, 9.17) is 11.6 Å². The van der Waals surface area contributed by atoms with E-state index in [9.17, 15) is 12.8 Å². The summed E-state index contributed by atoms with van der Waals surface area (Å²) in [4.78, 5) is 0.0532. The fraction of sp³-hybridized carbons (Fsp3) is 0.0769. The zero-order valence-electron chi connectivity index (χ0n) is 10.0. The van der Waals surface area contributed by atoms with Gasteiger partial charge in [-0.05, 0) is 31.2 Å². The minimum Gasteiger partial charge on any atom is -0.275 e. The highest BCUT2D eigenvalue weighted by Gasteiger charge is 2.17. The Labute approximate surface area is 116 Å². The van der Waals surface area contributed by atoms with Gasteiger partial charge in [-0.3, -0.25) is 4.72 Å². The molecule has 19 heavy (non-hydrogen) atoms. The molecule has 6 heteroatoms. The van der Waals surface area contributed by atoms with Crippen LogP contribution in [0.25, 0.3) is 0 Å². The number of nitrogens with one attached hydrogen (secondary N) is 1. The van der Waals surface area contributed by atoms with Gasteiger partial charge in [0.25, 0.3) is 10.0 Å². The van der Waals surface area contributed by atoms with Crippen molar-refractivity contribution >= 4 is 27.3 Å². The van der Waals surface area contributed by atoms with Crippen molar-refractivity contribution < 1.29 is 12.8 Å². The predicted octanol–water partition coefficient (Wildman–Crippen LogP) is 3.59. The Balaban J connectivity index is 2.39. The second-order valence-electron chi connectivity index (χ2n) is 4.02. The summed E-state index contributed by atoms with van der Waals surface area (Å²) in [7, 11) is -3.85. The largest absolute Gasteiger partial charge is 0.275 e. The average molecular weight is 300 g/mol. The van der Waals surface area contributed by atoms with Crippen LogP contribution in [0.3, 0.4) is 0 Å². The molecule has 2 aromatic rings. The number of hydrogen-bond donors (Lipinski definition) is 1. The number of rotatable bonds is 3. The molecule has 0 atom stereocenters. The quantitative estimate of drug-likeness (QED) is 0.941. The van der Waals surface area contributed by atoms with Crippen LogP contribution in [-0.2, 0) is 10.0 Å². The molecule has 100 valence electrons. The SMILES string of the molecule is Cc1ccc(S(=O)(=O)Nc2c(F)cccc2Cl)cc1. The highest BCUT2D eigenvalue weighted by molar-refractivity contribution is 7.92. The van der Waals surface area contributed by atoms with Gasteiger partial charge in [0.1, 0.15) is 11.5 Å². The van der Waals surface area contributed by atoms with Gasteiger partial charge in [0, 0.05) is 0 Å². The lowest BCUT2D eigenvalue weighted by Gasteiger charge is -2.10. The molecule has 0 radical (unpaired) electrons. The van der Waals surface area contributed by atoms with Crippen molar-refractivity contribution in [2.45, 2.75) is 11.8 Å². The van der Waals surface area contributed by atoms with Crippen LogP contribution < -0.4 is 4.72 Å². The molecule has 0 amide bonds. The lowest BCUT2D eigenvalue weighted by atomic mass is 10.2. The van der Waals surface area contributed by atoms with E-state index in [0.717, 1.165) is 11.6 Å². The molecule has 0 fully saturated rings. The Morgan fingerprint density at radius 1 is 1.11 bits per heavy atom. The first-order chi connectivity index (χ1) is 8.90. The van der Waals surface area contributed by atoms with Crippen LogP contribution in [0.4, 0.5) is 10.1 Å². The van der Waals surface area contributed by atoms with Crippen LogP contribution in [0.1, 0.15) is 5.56 Å². The van der Waals surface area contributed by atoms with Gasteiger partial charge in [-0.15, -0.1) is 0 Å². The zero-order valence-corrected chi connectivity index (χ0v) is 11.6. The van der Waals surface area contributed by atoms with Crippen molar-refractivity contribution in [3.8, 4) is 0 Å². The molecule has 1 N–H and O–H groups in total. The molecule has 0 saturated heterocycles. The molecule has 0 bridgehead atoms. The molecule has 3 nitrogen and oxygen atoms in total. The van der Waals surface area contributed by atoms with Gasteiger partial charge < -0.3 is 0 Å². The first kappa shape index (κ1) is 13.8. The van der Waals surface area contributed by atoms with Gasteiger partial charge in [-0.1, -0.05) is 35.4 Å². The van der Waals surface area contributed by atoms with E-state index in [1.54, 1.807) is 12.1 Å². The zero-order chi connectivity index (χ0) is 14.0. The smallest absolute Gasteiger partial charge is 0.262 e. The Morgan fingerprint density at radius 3 is 2.32 bits per heavy atom. The molecular formula is C13H11ClFNO2S. The van der Waals surface area contributed by atoms with Crippen LogP contribution >= 0.6 is 11.6 Å². The monoisotopic (exact) mass is 299 g/mol. The third kappa shape index (κ3) is 3.05. The molecule has 0 aromatic heterocycles. The molecular weight excluding hydrogens is 289 g/mol. The van der Waals surface area contributed by atoms with E-state index in [-0.39, 0.29) is 15.6 Å². The Hall–Kier alpha value is -1.59. The predicted molar refractivity (Wildman–Crippen MR) is 73.4 cm³/mol. The van der Waals surface area contributed by atoms with E-state index >= 15 is 0 Å². The van der Waals surface area contributed by atoms with Crippen molar-refractivity contribution in [3.05, 3.63) is 58.9 Å². The summed E-state index contributed by atoms with van der Waals surface area (Å²) >= 11 is 5.78. The molecule has 0 unspecified atom stereocenters. The molecule has 0 aliphatic heterocycles. The fourth-order valence-electron chi connectivity index (χ4n) is 1.51. The van der Waals surface area contributed by atoms with E-state index < -0.39 is 15.8 Å². The van der Waals surface area contributed by atoms with Crippen molar-refractivity contribution in [3.63, 3.8) is 0 Å². The summed E-state index contributed by atoms with van der Waals surface area (Å²) in [6, 6.07) is 10.2. The number of anilines is 1. The number of aryl methyl sites for hydroxylation is 1. The van der Waals surface area contributed by atoms with E-state index in [1.807, 2.05) is 6.92 Å².